The van der Waals surface area contributed by atoms with Gasteiger partial charge >= 0.3 is 24.4 Å². The lowest BCUT2D eigenvalue weighted by molar-refractivity contribution is -0.165. The molecule has 1 aliphatic rings. The minimum absolute atomic E-state index is 0.0627. The van der Waals surface area contributed by atoms with Crippen LogP contribution in [0.4, 0.5) is 44.9 Å². The molecule has 16 nitrogen and oxygen atoms in total. The third-order valence-electron chi connectivity index (χ3n) is 7.54. The number of carboxylic acid groups (broad SMARTS) is 1. The molecule has 0 radical (unpaired) electrons. The van der Waals surface area contributed by atoms with Gasteiger partial charge in [0.25, 0.3) is 0 Å². The Morgan fingerprint density at radius 2 is 1.85 bits per heavy atom. The SMILES string of the molecule is CC(C)(C)OC(=O)N(C(=O)O)c1ncnc2c1c(-c1ccc(NC(=O)Nc3cc(C4(C(F)(F)F)CC4)on3)c3nccn13)cn2CCO. The van der Waals surface area contributed by atoms with E-state index in [0.717, 1.165) is 12.4 Å². The van der Waals surface area contributed by atoms with Gasteiger partial charge in [-0.15, -0.1) is 0 Å². The number of pyridine rings is 1. The summed E-state index contributed by atoms with van der Waals surface area (Å²) in [6.07, 6.45) is -1.96. The minimum atomic E-state index is -4.51. The number of rotatable bonds is 7. The van der Waals surface area contributed by atoms with E-state index in [4.69, 9.17) is 9.26 Å². The second-order valence-corrected chi connectivity index (χ2v) is 11.9. The van der Waals surface area contributed by atoms with Gasteiger partial charge in [0.1, 0.15) is 23.0 Å². The van der Waals surface area contributed by atoms with Gasteiger partial charge in [-0.3, -0.25) is 9.72 Å². The van der Waals surface area contributed by atoms with Crippen molar-refractivity contribution < 1.29 is 47.0 Å². The molecule has 0 unspecified atom stereocenters. The molecular weight excluding hydrogens is 643 g/mol. The summed E-state index contributed by atoms with van der Waals surface area (Å²) in [5.74, 6) is -0.901. The number of hydrogen-bond donors (Lipinski definition) is 4. The molecule has 4 N–H and O–H groups in total. The van der Waals surface area contributed by atoms with Crippen molar-refractivity contribution in [2.24, 2.45) is 0 Å². The average molecular weight is 672 g/mol. The summed E-state index contributed by atoms with van der Waals surface area (Å²) in [4.78, 5) is 51.4. The zero-order valence-corrected chi connectivity index (χ0v) is 25.6. The zero-order chi connectivity index (χ0) is 34.6. The number of carbonyl (C=O) groups is 3. The molecule has 1 aliphatic carbocycles. The van der Waals surface area contributed by atoms with Crippen molar-refractivity contribution in [1.82, 2.24) is 29.1 Å². The van der Waals surface area contributed by atoms with Gasteiger partial charge in [0, 0.05) is 36.8 Å². The Morgan fingerprint density at radius 1 is 1.10 bits per heavy atom. The van der Waals surface area contributed by atoms with Gasteiger partial charge in [0.15, 0.2) is 23.0 Å². The summed E-state index contributed by atoms with van der Waals surface area (Å²) in [6, 6.07) is 3.27. The zero-order valence-electron chi connectivity index (χ0n) is 25.6. The first-order valence-electron chi connectivity index (χ1n) is 14.4. The number of alkyl halides is 3. The van der Waals surface area contributed by atoms with Gasteiger partial charge in [0.2, 0.25) is 0 Å². The Hall–Kier alpha value is -5.72. The Bertz CT molecular complexity index is 2060. The van der Waals surface area contributed by atoms with Crippen LogP contribution in [0.15, 0.2) is 47.6 Å². The normalized spacial score (nSPS) is 14.2. The van der Waals surface area contributed by atoms with Gasteiger partial charge in [-0.05, 0) is 45.7 Å². The summed E-state index contributed by atoms with van der Waals surface area (Å²) < 4.78 is 53.8. The highest BCUT2D eigenvalue weighted by atomic mass is 19.4. The van der Waals surface area contributed by atoms with Crippen LogP contribution in [0, 0.1) is 0 Å². The Kier molecular flexibility index (Phi) is 7.73. The van der Waals surface area contributed by atoms with E-state index < -0.39 is 35.4 Å². The van der Waals surface area contributed by atoms with Crippen LogP contribution >= 0.6 is 0 Å². The Labute approximate surface area is 268 Å². The standard InChI is InChI=1S/C29H28F3N9O7/c1-27(2,3)47-26(46)41(25(44)45)23-20-15(13-39(10-11-42)22(20)34-14-35-23)17-5-4-16(21-33-8-9-40(17)21)36-24(43)37-19-12-18(48-38-19)28(6-7-28)29(30,31)32/h4-5,8-9,12-14,42H,6-7,10-11H2,1-3H3,(H,44,45)(H2,36,37,38,43). The topological polar surface area (TPSA) is 202 Å². The third kappa shape index (κ3) is 5.72. The smallest absolute Gasteiger partial charge is 0.425 e. The van der Waals surface area contributed by atoms with E-state index in [2.05, 4.69) is 30.7 Å². The molecule has 1 saturated carbocycles. The highest BCUT2D eigenvalue weighted by Crippen LogP contribution is 2.59. The molecule has 0 spiro atoms. The maximum absolute atomic E-state index is 13.5. The van der Waals surface area contributed by atoms with Crippen molar-refractivity contribution in [2.75, 3.05) is 22.1 Å². The van der Waals surface area contributed by atoms with Crippen molar-refractivity contribution in [3.05, 3.63) is 48.9 Å². The van der Waals surface area contributed by atoms with Crippen molar-refractivity contribution in [1.29, 1.82) is 0 Å². The maximum atomic E-state index is 13.5. The predicted molar refractivity (Wildman–Crippen MR) is 162 cm³/mol. The lowest BCUT2D eigenvalue weighted by Gasteiger charge is -2.24. The van der Waals surface area contributed by atoms with Gasteiger partial charge in [-0.2, -0.15) is 18.1 Å². The molecular formula is C29H28F3N9O7. The van der Waals surface area contributed by atoms with Gasteiger partial charge in [0.05, 0.1) is 23.4 Å². The number of nitrogens with zero attached hydrogens (tertiary/aromatic N) is 7. The number of carbonyl (C=O) groups excluding carboxylic acids is 2. The number of nitrogens with one attached hydrogen (secondary N) is 2. The fourth-order valence-corrected chi connectivity index (χ4v) is 5.27. The van der Waals surface area contributed by atoms with Crippen LogP contribution < -0.4 is 15.5 Å². The molecule has 0 aromatic carbocycles. The van der Waals surface area contributed by atoms with E-state index in [-0.39, 0.29) is 65.8 Å². The fraction of sp³-hybridized carbons (Fsp3) is 0.345. The lowest BCUT2D eigenvalue weighted by atomic mass is 10.0. The number of ether oxygens (including phenoxy) is 1. The number of aliphatic hydroxyl groups is 1. The summed E-state index contributed by atoms with van der Waals surface area (Å²) in [5, 5.41) is 28.4. The first kappa shape index (κ1) is 32.2. The lowest BCUT2D eigenvalue weighted by Crippen LogP contribution is -2.40. The van der Waals surface area contributed by atoms with Crippen molar-refractivity contribution >= 4 is 52.2 Å². The summed E-state index contributed by atoms with van der Waals surface area (Å²) in [6.45, 7) is 4.51. The fourth-order valence-electron chi connectivity index (χ4n) is 5.27. The van der Waals surface area contributed by atoms with Crippen LogP contribution in [-0.2, 0) is 16.7 Å². The van der Waals surface area contributed by atoms with E-state index in [1.54, 1.807) is 48.2 Å². The molecule has 252 valence electrons. The number of halogens is 3. The number of hydrogen-bond acceptors (Lipinski definition) is 10. The molecule has 4 amide bonds. The van der Waals surface area contributed by atoms with Crippen LogP contribution in [-0.4, -0.2) is 75.9 Å². The number of anilines is 3. The molecule has 5 heterocycles. The van der Waals surface area contributed by atoms with E-state index in [1.165, 1.54) is 12.3 Å². The van der Waals surface area contributed by atoms with E-state index in [9.17, 15) is 37.8 Å². The Balaban J connectivity index is 1.36. The second kappa shape index (κ2) is 11.5. The van der Waals surface area contributed by atoms with Gasteiger partial charge < -0.3 is 29.4 Å². The molecule has 6 rings (SSSR count). The second-order valence-electron chi connectivity index (χ2n) is 11.9. The molecule has 0 bridgehead atoms. The molecule has 1 fully saturated rings. The maximum Gasteiger partial charge on any atom is 0.425 e. The first-order valence-corrected chi connectivity index (χ1v) is 14.4. The monoisotopic (exact) mass is 671 g/mol. The highest BCUT2D eigenvalue weighted by molar-refractivity contribution is 6.15. The van der Waals surface area contributed by atoms with Crippen molar-refractivity contribution in [3.63, 3.8) is 0 Å². The number of amides is 4. The van der Waals surface area contributed by atoms with Crippen LogP contribution in [0.1, 0.15) is 39.4 Å². The molecule has 48 heavy (non-hydrogen) atoms. The largest absolute Gasteiger partial charge is 0.464 e. The summed E-state index contributed by atoms with van der Waals surface area (Å²) >= 11 is 0. The van der Waals surface area contributed by atoms with Crippen molar-refractivity contribution in [3.8, 4) is 11.3 Å². The predicted octanol–water partition coefficient (Wildman–Crippen LogP) is 5.38. The van der Waals surface area contributed by atoms with Crippen LogP contribution in [0.2, 0.25) is 0 Å². The average Bonchev–Trinajstić information content (AvgIpc) is 3.29. The molecule has 5 aromatic rings. The number of imide groups is 1. The van der Waals surface area contributed by atoms with Crippen LogP contribution in [0.5, 0.6) is 0 Å². The quantitative estimate of drug-likeness (QED) is 0.173. The first-order chi connectivity index (χ1) is 22.6. The van der Waals surface area contributed by atoms with E-state index >= 15 is 0 Å². The summed E-state index contributed by atoms with van der Waals surface area (Å²) in [7, 11) is 0. The minimum Gasteiger partial charge on any atom is -0.464 e. The van der Waals surface area contributed by atoms with Crippen molar-refractivity contribution in [2.45, 2.75) is 57.3 Å². The van der Waals surface area contributed by atoms with Gasteiger partial charge in [-0.25, -0.2) is 29.3 Å². The number of aliphatic hydroxyl groups excluding tert-OH is 1. The number of fused-ring (bicyclic) bond motifs is 2. The van der Waals surface area contributed by atoms with E-state index in [0.29, 0.717) is 16.2 Å². The van der Waals surface area contributed by atoms with Gasteiger partial charge in [-0.1, -0.05) is 5.16 Å². The highest BCUT2D eigenvalue weighted by Gasteiger charge is 2.67. The number of aromatic nitrogens is 6. The van der Waals surface area contributed by atoms with E-state index in [1.807, 2.05) is 0 Å². The third-order valence-corrected chi connectivity index (χ3v) is 7.54. The van der Waals surface area contributed by atoms with Crippen LogP contribution in [0.25, 0.3) is 27.9 Å². The molecule has 0 aliphatic heterocycles. The van der Waals surface area contributed by atoms with Crippen LogP contribution in [0.3, 0.4) is 0 Å². The number of urea groups is 1. The molecule has 19 heteroatoms. The molecule has 5 aromatic heterocycles. The Morgan fingerprint density at radius 3 is 2.50 bits per heavy atom. The molecule has 0 atom stereocenters. The summed E-state index contributed by atoms with van der Waals surface area (Å²) in [5.41, 5.74) is -1.76. The number of imidazole rings is 1. The molecule has 0 saturated heterocycles.